The van der Waals surface area contributed by atoms with Crippen molar-refractivity contribution in [1.29, 1.82) is 0 Å². The van der Waals surface area contributed by atoms with Crippen molar-refractivity contribution in [3.05, 3.63) is 40.8 Å². The summed E-state index contributed by atoms with van der Waals surface area (Å²) in [6, 6.07) is 4.24. The number of ether oxygens (including phenoxy) is 1. The lowest BCUT2D eigenvalue weighted by Crippen LogP contribution is -2.15. The fourth-order valence-corrected chi connectivity index (χ4v) is 2.31. The van der Waals surface area contributed by atoms with Gasteiger partial charge in [0.15, 0.2) is 11.5 Å². The van der Waals surface area contributed by atoms with E-state index in [1.54, 1.807) is 6.07 Å². The Morgan fingerprint density at radius 1 is 1.48 bits per heavy atom. The number of H-pyrrole nitrogens is 1. The normalized spacial score (nSPS) is 10.7. The van der Waals surface area contributed by atoms with Crippen molar-refractivity contribution in [3.63, 3.8) is 0 Å². The summed E-state index contributed by atoms with van der Waals surface area (Å²) in [6.45, 7) is 0. The number of fused-ring (bicyclic) bond motifs is 1. The minimum Gasteiger partial charge on any atom is -0.479 e. The maximum Gasteiger partial charge on any atom is 0.260 e. The molecule has 0 unspecified atom stereocenters. The lowest BCUT2D eigenvalue weighted by molar-refractivity contribution is 0.102. The summed E-state index contributed by atoms with van der Waals surface area (Å²) < 4.78 is 19.1. The van der Waals surface area contributed by atoms with Gasteiger partial charge in [0.05, 0.1) is 40.7 Å². The number of aromatic amines is 1. The van der Waals surface area contributed by atoms with Crippen LogP contribution in [0.3, 0.4) is 0 Å². The van der Waals surface area contributed by atoms with E-state index in [1.807, 2.05) is 0 Å². The van der Waals surface area contributed by atoms with Gasteiger partial charge in [-0.2, -0.15) is 0 Å². The fourth-order valence-electron chi connectivity index (χ4n) is 2.08. The second-order valence-electron chi connectivity index (χ2n) is 4.63. The van der Waals surface area contributed by atoms with Gasteiger partial charge in [0, 0.05) is 0 Å². The van der Waals surface area contributed by atoms with Crippen molar-refractivity contribution in [2.45, 2.75) is 0 Å². The minimum atomic E-state index is -0.870. The lowest BCUT2D eigenvalue weighted by Gasteiger charge is -2.09. The van der Waals surface area contributed by atoms with E-state index in [9.17, 15) is 9.18 Å². The number of anilines is 2. The van der Waals surface area contributed by atoms with E-state index < -0.39 is 11.7 Å². The highest BCUT2D eigenvalue weighted by Crippen LogP contribution is 2.27. The molecule has 0 radical (unpaired) electrons. The average Bonchev–Trinajstić information content (AvgIpc) is 2.93. The molecule has 0 saturated heterocycles. The number of nitrogens with two attached hydrogens (primary N) is 1. The van der Waals surface area contributed by atoms with E-state index in [1.165, 1.54) is 25.4 Å². The third kappa shape index (κ3) is 2.64. The number of halogens is 2. The molecule has 0 saturated carbocycles. The number of carbonyl (C=O) groups excluding carboxylic acids is 1. The van der Waals surface area contributed by atoms with E-state index in [-0.39, 0.29) is 16.3 Å². The van der Waals surface area contributed by atoms with Gasteiger partial charge in [0.1, 0.15) is 0 Å². The quantitative estimate of drug-likeness (QED) is 0.638. The number of nitrogen functional groups attached to an aromatic ring is 1. The second kappa shape index (κ2) is 5.73. The first kappa shape index (κ1) is 15.0. The van der Waals surface area contributed by atoms with Gasteiger partial charge in [-0.1, -0.05) is 11.6 Å². The summed E-state index contributed by atoms with van der Waals surface area (Å²) in [7, 11) is 1.46. The zero-order chi connectivity index (χ0) is 16.6. The van der Waals surface area contributed by atoms with Crippen LogP contribution < -0.4 is 15.8 Å². The van der Waals surface area contributed by atoms with Crippen molar-refractivity contribution in [2.75, 3.05) is 18.2 Å². The second-order valence-corrected chi connectivity index (χ2v) is 5.04. The molecule has 0 fully saturated rings. The third-order valence-corrected chi connectivity index (χ3v) is 3.50. The highest BCUT2D eigenvalue weighted by atomic mass is 35.5. The molecule has 1 aromatic carbocycles. The molecule has 0 aliphatic heterocycles. The predicted octanol–water partition coefficient (Wildman–Crippen LogP) is 2.59. The minimum absolute atomic E-state index is 0.0378. The summed E-state index contributed by atoms with van der Waals surface area (Å²) in [6.07, 6.45) is 1.40. The number of hydrogen-bond acceptors (Lipinski definition) is 5. The van der Waals surface area contributed by atoms with E-state index >= 15 is 0 Å². The molecule has 7 nitrogen and oxygen atoms in total. The van der Waals surface area contributed by atoms with Gasteiger partial charge in [-0.05, 0) is 18.2 Å². The van der Waals surface area contributed by atoms with Crippen molar-refractivity contribution < 1.29 is 13.9 Å². The number of nitrogens with one attached hydrogen (secondary N) is 2. The van der Waals surface area contributed by atoms with Crippen LogP contribution in [0, 0.1) is 5.82 Å². The Morgan fingerprint density at radius 3 is 3.00 bits per heavy atom. The summed E-state index contributed by atoms with van der Waals surface area (Å²) in [5, 5.41) is 9.65. The number of aromatic nitrogens is 3. The van der Waals surface area contributed by atoms with Crippen LogP contribution in [0.5, 0.6) is 5.88 Å². The van der Waals surface area contributed by atoms with Crippen LogP contribution in [0.2, 0.25) is 5.02 Å². The zero-order valence-corrected chi connectivity index (χ0v) is 12.6. The van der Waals surface area contributed by atoms with Crippen molar-refractivity contribution in [2.24, 2.45) is 0 Å². The molecule has 23 heavy (non-hydrogen) atoms. The van der Waals surface area contributed by atoms with Crippen LogP contribution in [0.4, 0.5) is 15.8 Å². The smallest absolute Gasteiger partial charge is 0.260 e. The van der Waals surface area contributed by atoms with E-state index in [0.29, 0.717) is 22.6 Å². The number of methoxy groups -OCH3 is 1. The highest BCUT2D eigenvalue weighted by Gasteiger charge is 2.19. The summed E-state index contributed by atoms with van der Waals surface area (Å²) in [4.78, 5) is 16.4. The number of carbonyl (C=O) groups is 1. The van der Waals surface area contributed by atoms with Crippen molar-refractivity contribution >= 4 is 39.9 Å². The van der Waals surface area contributed by atoms with Crippen LogP contribution in [0.25, 0.3) is 11.0 Å². The molecule has 0 spiro atoms. The molecule has 4 N–H and O–H groups in total. The Bertz CT molecular complexity index is 912. The SMILES string of the molecule is COc1n[nH]c2ncc(NC(=O)c3c(Cl)ccc(N)c3F)cc12. The van der Waals surface area contributed by atoms with E-state index in [2.05, 4.69) is 20.5 Å². The van der Waals surface area contributed by atoms with Gasteiger partial charge in [-0.25, -0.2) is 9.37 Å². The molecule has 1 amide bonds. The third-order valence-electron chi connectivity index (χ3n) is 3.18. The molecule has 0 bridgehead atoms. The maximum atomic E-state index is 14.0. The number of rotatable bonds is 3. The Hall–Kier alpha value is -2.87. The Morgan fingerprint density at radius 2 is 2.26 bits per heavy atom. The standard InChI is InChI=1S/C14H11ClFN5O2/c1-23-14-7-4-6(5-18-12(7)20-21-14)19-13(22)10-8(15)2-3-9(17)11(10)16/h2-5H,17H2,1H3,(H,19,22)(H,18,20,21). The van der Waals surface area contributed by atoms with E-state index in [4.69, 9.17) is 22.1 Å². The van der Waals surface area contributed by atoms with Crippen molar-refractivity contribution in [3.8, 4) is 5.88 Å². The first-order valence-corrected chi connectivity index (χ1v) is 6.82. The Balaban J connectivity index is 1.96. The molecular formula is C14H11ClFN5O2. The van der Waals surface area contributed by atoms with Crippen molar-refractivity contribution in [1.82, 2.24) is 15.2 Å². The monoisotopic (exact) mass is 335 g/mol. The van der Waals surface area contributed by atoms with Crippen LogP contribution in [-0.2, 0) is 0 Å². The summed E-state index contributed by atoms with van der Waals surface area (Å²) in [5.74, 6) is -1.27. The molecule has 118 valence electrons. The number of nitrogens with zero attached hydrogens (tertiary/aromatic N) is 2. The topological polar surface area (TPSA) is 106 Å². The molecule has 0 aliphatic carbocycles. The van der Waals surface area contributed by atoms with Gasteiger partial charge >= 0.3 is 0 Å². The molecule has 2 aromatic heterocycles. The first-order chi connectivity index (χ1) is 11.0. The summed E-state index contributed by atoms with van der Waals surface area (Å²) in [5.41, 5.74) is 5.80. The molecule has 3 aromatic rings. The van der Waals surface area contributed by atoms with Crippen LogP contribution in [-0.4, -0.2) is 28.2 Å². The van der Waals surface area contributed by atoms with Gasteiger partial charge in [-0.15, -0.1) is 5.10 Å². The fraction of sp³-hybridized carbons (Fsp3) is 0.0714. The number of pyridine rings is 1. The molecule has 9 heteroatoms. The number of benzene rings is 1. The molecule has 2 heterocycles. The largest absolute Gasteiger partial charge is 0.479 e. The molecule has 3 rings (SSSR count). The average molecular weight is 336 g/mol. The number of amides is 1. The highest BCUT2D eigenvalue weighted by molar-refractivity contribution is 6.34. The molecule has 0 atom stereocenters. The van der Waals surface area contributed by atoms with Crippen LogP contribution >= 0.6 is 11.6 Å². The van der Waals surface area contributed by atoms with E-state index in [0.717, 1.165) is 0 Å². The van der Waals surface area contributed by atoms with Gasteiger partial charge < -0.3 is 15.8 Å². The Labute approximate surface area is 134 Å². The lowest BCUT2D eigenvalue weighted by atomic mass is 10.1. The van der Waals surface area contributed by atoms with Crippen LogP contribution in [0.1, 0.15) is 10.4 Å². The molecule has 0 aliphatic rings. The predicted molar refractivity (Wildman–Crippen MR) is 84.2 cm³/mol. The van der Waals surface area contributed by atoms with Gasteiger partial charge in [0.25, 0.3) is 5.91 Å². The Kier molecular flexibility index (Phi) is 3.75. The van der Waals surface area contributed by atoms with Gasteiger partial charge in [-0.3, -0.25) is 9.89 Å². The number of hydrogen-bond donors (Lipinski definition) is 3. The first-order valence-electron chi connectivity index (χ1n) is 6.44. The van der Waals surface area contributed by atoms with Crippen LogP contribution in [0.15, 0.2) is 24.4 Å². The molecular weight excluding hydrogens is 325 g/mol. The summed E-state index contributed by atoms with van der Waals surface area (Å²) >= 11 is 5.88. The maximum absolute atomic E-state index is 14.0. The zero-order valence-electron chi connectivity index (χ0n) is 11.9. The van der Waals surface area contributed by atoms with Gasteiger partial charge in [0.2, 0.25) is 5.88 Å².